The molecule has 2 N–H and O–H groups in total. The number of ether oxygens (including phenoxy) is 2. The number of rotatable bonds is 11. The summed E-state index contributed by atoms with van der Waals surface area (Å²) in [6.45, 7) is 10.0. The number of nitrogens with zero attached hydrogens (tertiary/aromatic N) is 3. The number of sulfone groups is 1. The van der Waals surface area contributed by atoms with Gasteiger partial charge in [-0.2, -0.15) is 0 Å². The molecular formula is C32H35N3O8S. The number of carbonyl (C=O) groups is 2. The summed E-state index contributed by atoms with van der Waals surface area (Å²) >= 11 is 0. The van der Waals surface area contributed by atoms with E-state index in [4.69, 9.17) is 9.47 Å². The van der Waals surface area contributed by atoms with Crippen molar-refractivity contribution < 1.29 is 37.7 Å². The molecule has 232 valence electrons. The molecule has 0 amide bonds. The molecule has 0 bridgehead atoms. The fourth-order valence-corrected chi connectivity index (χ4v) is 5.79. The van der Waals surface area contributed by atoms with Crippen molar-refractivity contribution in [1.29, 1.82) is 0 Å². The van der Waals surface area contributed by atoms with Gasteiger partial charge in [0.25, 0.3) is 0 Å². The second-order valence-corrected chi connectivity index (χ2v) is 13.3. The van der Waals surface area contributed by atoms with Gasteiger partial charge in [-0.05, 0) is 54.7 Å². The molecule has 0 radical (unpaired) electrons. The van der Waals surface area contributed by atoms with Crippen LogP contribution in [0.1, 0.15) is 45.2 Å². The summed E-state index contributed by atoms with van der Waals surface area (Å²) in [6, 6.07) is 16.1. The highest BCUT2D eigenvalue weighted by Crippen LogP contribution is 2.37. The minimum atomic E-state index is -3.90. The van der Waals surface area contributed by atoms with E-state index in [1.165, 1.54) is 29.9 Å². The predicted octanol–water partition coefficient (Wildman–Crippen LogP) is 4.21. The van der Waals surface area contributed by atoms with Crippen LogP contribution < -0.4 is 0 Å². The third-order valence-corrected chi connectivity index (χ3v) is 8.50. The number of aryl methyl sites for hydroxylation is 1. The predicted molar refractivity (Wildman–Crippen MR) is 162 cm³/mol. The Bertz CT molecular complexity index is 1810. The van der Waals surface area contributed by atoms with Crippen molar-refractivity contribution in [2.24, 2.45) is 0 Å². The van der Waals surface area contributed by atoms with Crippen LogP contribution in [0.5, 0.6) is 5.75 Å². The van der Waals surface area contributed by atoms with E-state index in [0.717, 1.165) is 0 Å². The number of aliphatic hydroxyl groups excluding tert-OH is 1. The Morgan fingerprint density at radius 2 is 1.68 bits per heavy atom. The van der Waals surface area contributed by atoms with Crippen LogP contribution in [0.3, 0.4) is 0 Å². The first-order valence-electron chi connectivity index (χ1n) is 13.9. The normalized spacial score (nSPS) is 12.6. The monoisotopic (exact) mass is 621 g/mol. The van der Waals surface area contributed by atoms with Crippen molar-refractivity contribution in [3.63, 3.8) is 0 Å². The van der Waals surface area contributed by atoms with Gasteiger partial charge >= 0.3 is 11.9 Å². The number of esters is 2. The molecule has 4 aromatic rings. The van der Waals surface area contributed by atoms with Crippen LogP contribution in [0.25, 0.3) is 16.7 Å². The Hall–Kier alpha value is -4.55. The highest BCUT2D eigenvalue weighted by Gasteiger charge is 2.26. The minimum Gasteiger partial charge on any atom is -0.505 e. The standard InChI is InChI=1S/C32H35N3O8S/c1-20(2)31(39)43-19-22(36)18-42-28(37)15-14-21-16-24(32(3,4)5)30(38)26(17-21)35-33-25-12-9-13-27(29(25)34-35)44(40,41)23-10-7-6-8-11-23/h6-13,16-17,22,36,38H,1,14-15,18-19H2,2-5H3. The van der Waals surface area contributed by atoms with Crippen molar-refractivity contribution >= 4 is 32.8 Å². The Kier molecular flexibility index (Phi) is 9.55. The van der Waals surface area contributed by atoms with Crippen molar-refractivity contribution in [2.45, 2.75) is 61.8 Å². The number of aromatic nitrogens is 3. The zero-order valence-corrected chi connectivity index (χ0v) is 25.8. The molecular weight excluding hydrogens is 586 g/mol. The number of phenolic OH excluding ortho intramolecular Hbond substituents is 1. The van der Waals surface area contributed by atoms with Gasteiger partial charge in [0, 0.05) is 17.6 Å². The highest BCUT2D eigenvalue weighted by atomic mass is 32.2. The second kappa shape index (κ2) is 13.0. The van der Waals surface area contributed by atoms with Crippen molar-refractivity contribution in [2.75, 3.05) is 13.2 Å². The van der Waals surface area contributed by atoms with Crippen LogP contribution in [0.15, 0.2) is 82.6 Å². The van der Waals surface area contributed by atoms with Crippen LogP contribution in [0.4, 0.5) is 0 Å². The van der Waals surface area contributed by atoms with Crippen LogP contribution in [-0.4, -0.2) is 64.9 Å². The molecule has 1 atom stereocenters. The number of phenols is 1. The number of hydrogen-bond donors (Lipinski definition) is 2. The molecule has 12 heteroatoms. The molecule has 0 saturated carbocycles. The molecule has 0 aliphatic heterocycles. The van der Waals surface area contributed by atoms with E-state index in [0.29, 0.717) is 16.6 Å². The number of benzene rings is 3. The van der Waals surface area contributed by atoms with Gasteiger partial charge < -0.3 is 19.7 Å². The van der Waals surface area contributed by atoms with Crippen LogP contribution in [-0.2, 0) is 40.7 Å². The maximum atomic E-state index is 13.4. The van der Waals surface area contributed by atoms with Crippen molar-refractivity contribution in [1.82, 2.24) is 15.0 Å². The van der Waals surface area contributed by atoms with Gasteiger partial charge in [0.05, 0.1) is 4.90 Å². The molecule has 4 rings (SSSR count). The number of aliphatic hydroxyl groups is 1. The van der Waals surface area contributed by atoms with Gasteiger partial charge in [-0.15, -0.1) is 15.0 Å². The quantitative estimate of drug-likeness (QED) is 0.184. The summed E-state index contributed by atoms with van der Waals surface area (Å²) in [5.74, 6) is -1.31. The zero-order chi connectivity index (χ0) is 32.2. The lowest BCUT2D eigenvalue weighted by Gasteiger charge is -2.23. The van der Waals surface area contributed by atoms with E-state index in [9.17, 15) is 28.2 Å². The average Bonchev–Trinajstić information content (AvgIpc) is 3.42. The lowest BCUT2D eigenvalue weighted by Crippen LogP contribution is -2.25. The molecule has 0 aliphatic rings. The Morgan fingerprint density at radius 3 is 2.34 bits per heavy atom. The first-order valence-corrected chi connectivity index (χ1v) is 15.4. The number of carbonyl (C=O) groups excluding carboxylic acids is 2. The maximum absolute atomic E-state index is 13.4. The first-order chi connectivity index (χ1) is 20.7. The minimum absolute atomic E-state index is 0.0153. The van der Waals surface area contributed by atoms with Gasteiger partial charge in [-0.25, -0.2) is 13.2 Å². The third-order valence-electron chi connectivity index (χ3n) is 6.70. The molecule has 11 nitrogen and oxygen atoms in total. The molecule has 1 heterocycles. The Morgan fingerprint density at radius 1 is 1.00 bits per heavy atom. The fraction of sp³-hybridized carbons (Fsp3) is 0.312. The van der Waals surface area contributed by atoms with E-state index in [-0.39, 0.29) is 58.4 Å². The number of fused-ring (bicyclic) bond motifs is 1. The Balaban J connectivity index is 1.60. The first kappa shape index (κ1) is 32.4. The zero-order valence-electron chi connectivity index (χ0n) is 25.0. The third kappa shape index (κ3) is 7.32. The largest absolute Gasteiger partial charge is 0.505 e. The average molecular weight is 622 g/mol. The molecule has 0 saturated heterocycles. The van der Waals surface area contributed by atoms with Gasteiger partial charge in [0.2, 0.25) is 9.84 Å². The lowest BCUT2D eigenvalue weighted by atomic mass is 9.84. The van der Waals surface area contributed by atoms with Crippen molar-refractivity contribution in [3.05, 3.63) is 83.9 Å². The molecule has 1 unspecified atom stereocenters. The topological polar surface area (TPSA) is 158 Å². The van der Waals surface area contributed by atoms with Crippen LogP contribution in [0, 0.1) is 0 Å². The van der Waals surface area contributed by atoms with E-state index in [2.05, 4.69) is 16.8 Å². The van der Waals surface area contributed by atoms with Crippen LogP contribution in [0.2, 0.25) is 0 Å². The smallest absolute Gasteiger partial charge is 0.333 e. The number of hydrogen-bond acceptors (Lipinski definition) is 10. The molecule has 44 heavy (non-hydrogen) atoms. The van der Waals surface area contributed by atoms with E-state index in [1.807, 2.05) is 20.8 Å². The van der Waals surface area contributed by atoms with Crippen LogP contribution >= 0.6 is 0 Å². The summed E-state index contributed by atoms with van der Waals surface area (Å²) in [5.41, 5.74) is 1.62. The number of aromatic hydroxyl groups is 1. The molecule has 0 aliphatic carbocycles. The fourth-order valence-electron chi connectivity index (χ4n) is 4.36. The van der Waals surface area contributed by atoms with E-state index in [1.54, 1.807) is 42.5 Å². The maximum Gasteiger partial charge on any atom is 0.333 e. The second-order valence-electron chi connectivity index (χ2n) is 11.4. The summed E-state index contributed by atoms with van der Waals surface area (Å²) < 4.78 is 36.8. The summed E-state index contributed by atoms with van der Waals surface area (Å²) in [7, 11) is -3.90. The molecule has 0 fully saturated rings. The molecule has 0 spiro atoms. The van der Waals surface area contributed by atoms with Gasteiger partial charge in [0.1, 0.15) is 46.7 Å². The highest BCUT2D eigenvalue weighted by molar-refractivity contribution is 7.91. The van der Waals surface area contributed by atoms with Gasteiger partial charge in [-0.1, -0.05) is 57.7 Å². The van der Waals surface area contributed by atoms with Crippen molar-refractivity contribution in [3.8, 4) is 11.4 Å². The summed E-state index contributed by atoms with van der Waals surface area (Å²) in [5, 5.41) is 30.2. The molecule has 1 aromatic heterocycles. The van der Waals surface area contributed by atoms with E-state index >= 15 is 0 Å². The Labute approximate surface area is 255 Å². The lowest BCUT2D eigenvalue weighted by molar-refractivity contribution is -0.150. The van der Waals surface area contributed by atoms with Gasteiger partial charge in [-0.3, -0.25) is 4.79 Å². The summed E-state index contributed by atoms with van der Waals surface area (Å²) in [4.78, 5) is 25.2. The summed E-state index contributed by atoms with van der Waals surface area (Å²) in [6.07, 6.45) is -1.00. The molecule has 3 aromatic carbocycles. The SMILES string of the molecule is C=C(C)C(=O)OCC(O)COC(=O)CCc1cc(-n2nc3cccc(S(=O)(=O)c4ccccc4)c3n2)c(O)c(C(C)(C)C)c1. The van der Waals surface area contributed by atoms with E-state index < -0.39 is 33.3 Å². The van der Waals surface area contributed by atoms with Gasteiger partial charge in [0.15, 0.2) is 0 Å².